The summed E-state index contributed by atoms with van der Waals surface area (Å²) in [5, 5.41) is 56.6. The molecule has 4 rings (SSSR count). The molecule has 18 heteroatoms. The number of aliphatic hydroxyl groups excluding tert-OH is 2. The summed E-state index contributed by atoms with van der Waals surface area (Å²) < 4.78 is 44.2. The van der Waals surface area contributed by atoms with Crippen LogP contribution in [0.3, 0.4) is 0 Å². The summed E-state index contributed by atoms with van der Waals surface area (Å²) in [6, 6.07) is 0. The van der Waals surface area contributed by atoms with Crippen LogP contribution in [0.25, 0.3) is 0 Å². The maximum absolute atomic E-state index is 17.5. The molecular formula is C29H40F2N2O14. The third kappa shape index (κ3) is 6.51. The molecule has 16 nitrogen and oxygen atoms in total. The van der Waals surface area contributed by atoms with Crippen LogP contribution in [0.15, 0.2) is 23.8 Å². The average molecular weight is 679 g/mol. The lowest BCUT2D eigenvalue weighted by molar-refractivity contribution is -0.492. The van der Waals surface area contributed by atoms with Crippen molar-refractivity contribution in [2.24, 2.45) is 22.7 Å². The van der Waals surface area contributed by atoms with Gasteiger partial charge in [-0.15, -0.1) is 0 Å². The van der Waals surface area contributed by atoms with Crippen molar-refractivity contribution in [3.63, 3.8) is 0 Å². The first-order valence-corrected chi connectivity index (χ1v) is 15.1. The van der Waals surface area contributed by atoms with Crippen LogP contribution >= 0.6 is 0 Å². The van der Waals surface area contributed by atoms with Gasteiger partial charge in [0.2, 0.25) is 11.4 Å². The van der Waals surface area contributed by atoms with E-state index >= 15 is 8.78 Å². The van der Waals surface area contributed by atoms with E-state index in [9.17, 15) is 29.4 Å². The maximum atomic E-state index is 17.5. The summed E-state index contributed by atoms with van der Waals surface area (Å²) in [5.74, 6) is -6.00. The van der Waals surface area contributed by atoms with E-state index in [1.807, 2.05) is 0 Å². The molecule has 3 saturated carbocycles. The van der Waals surface area contributed by atoms with Gasteiger partial charge >= 0.3 is 11.9 Å². The summed E-state index contributed by atoms with van der Waals surface area (Å²) in [6.45, 7) is 1.10. The molecule has 0 saturated heterocycles. The molecule has 4 aliphatic rings. The molecular weight excluding hydrogens is 638 g/mol. The van der Waals surface area contributed by atoms with Gasteiger partial charge in [-0.3, -0.25) is 49.7 Å². The minimum atomic E-state index is -2.56. The number of ether oxygens (including phenoxy) is 2. The van der Waals surface area contributed by atoms with E-state index in [0.29, 0.717) is 0 Å². The number of carbonyl (C=O) groups excluding carboxylic acids is 4. The van der Waals surface area contributed by atoms with Gasteiger partial charge in [0.1, 0.15) is 12.3 Å². The highest BCUT2D eigenvalue weighted by atomic mass is 19.1. The van der Waals surface area contributed by atoms with E-state index in [0.717, 1.165) is 12.2 Å². The lowest BCUT2D eigenvalue weighted by Crippen LogP contribution is -2.71. The number of ketones is 2. The monoisotopic (exact) mass is 678 g/mol. The first-order valence-electron chi connectivity index (χ1n) is 15.1. The third-order valence-electron chi connectivity index (χ3n) is 10.3. The minimum absolute atomic E-state index is 0.0551. The Morgan fingerprint density at radius 1 is 0.936 bits per heavy atom. The van der Waals surface area contributed by atoms with Gasteiger partial charge in [0.05, 0.1) is 30.1 Å². The van der Waals surface area contributed by atoms with Gasteiger partial charge in [-0.2, -0.15) is 0 Å². The van der Waals surface area contributed by atoms with Crippen molar-refractivity contribution in [2.45, 2.75) is 88.4 Å². The van der Waals surface area contributed by atoms with E-state index in [4.69, 9.17) is 30.3 Å². The Morgan fingerprint density at radius 3 is 2.13 bits per heavy atom. The zero-order valence-electron chi connectivity index (χ0n) is 25.8. The fourth-order valence-electron chi connectivity index (χ4n) is 8.23. The highest BCUT2D eigenvalue weighted by Gasteiger charge is 2.78. The molecule has 6 N–H and O–H groups in total. The summed E-state index contributed by atoms with van der Waals surface area (Å²) in [4.78, 5) is 60.4. The summed E-state index contributed by atoms with van der Waals surface area (Å²) in [6.07, 6.45) is -4.61. The van der Waals surface area contributed by atoms with Crippen molar-refractivity contribution in [1.82, 2.24) is 10.8 Å². The number of nitrogens with zero attached hydrogens (tertiary/aromatic N) is 2. The largest absolute Gasteiger partial charge is 0.457 e. The number of fused-ring (bicyclic) bond motifs is 5. The number of hydrogen-bond acceptors (Lipinski definition) is 16. The number of aliphatic hydroxyl groups is 2. The minimum Gasteiger partial charge on any atom is -0.457 e. The number of rotatable bonds is 14. The fraction of sp³-hybridized carbons (Fsp3) is 0.724. The average Bonchev–Trinajstić information content (AvgIpc) is 3.20. The fourth-order valence-corrected chi connectivity index (χ4v) is 8.23. The van der Waals surface area contributed by atoms with Gasteiger partial charge in [0.15, 0.2) is 18.1 Å². The number of halogens is 2. The Bertz CT molecular complexity index is 1300. The smallest absolute Gasteiger partial charge is 0.306 e. The van der Waals surface area contributed by atoms with Gasteiger partial charge in [-0.1, -0.05) is 13.0 Å². The number of esters is 2. The van der Waals surface area contributed by atoms with E-state index < -0.39 is 112 Å². The van der Waals surface area contributed by atoms with Crippen LogP contribution in [0, 0.1) is 22.7 Å². The standard InChI is InChI=1S/C29H40F2N2O14/c1-26-8-7-16(34)11-19(26)20(30)12-18-17-13-21(35)29(27(17,2)14-22(36)28(18,26)31,47-25(39)6-4-10-46-33(42)43)23(37)15-44-24(38)5-3-9-45-32(40)41/h7-8,11,17-18,20-22,35-36,40-43H,3-6,9-10,12-15H2,1-2H3/t17?,18?,20-,21+,22-,26-,27-,28-,29-/m0/s1. The highest BCUT2D eigenvalue weighted by molar-refractivity contribution is 6.01. The van der Waals surface area contributed by atoms with Crippen molar-refractivity contribution in [1.29, 1.82) is 0 Å². The molecule has 264 valence electrons. The van der Waals surface area contributed by atoms with Gasteiger partial charge in [-0.25, -0.2) is 8.78 Å². The second-order valence-corrected chi connectivity index (χ2v) is 12.8. The van der Waals surface area contributed by atoms with Gasteiger partial charge in [-0.05, 0) is 62.7 Å². The van der Waals surface area contributed by atoms with Crippen molar-refractivity contribution < 1.29 is 78.1 Å². The van der Waals surface area contributed by atoms with Crippen molar-refractivity contribution in [3.8, 4) is 0 Å². The lowest BCUT2D eigenvalue weighted by atomic mass is 9.44. The van der Waals surface area contributed by atoms with Crippen LogP contribution in [-0.4, -0.2) is 115 Å². The van der Waals surface area contributed by atoms with Crippen molar-refractivity contribution in [3.05, 3.63) is 23.8 Å². The zero-order chi connectivity index (χ0) is 34.9. The number of hydrogen-bond donors (Lipinski definition) is 6. The molecule has 0 bridgehead atoms. The predicted molar refractivity (Wildman–Crippen MR) is 146 cm³/mol. The molecule has 0 aromatic heterocycles. The molecule has 0 spiro atoms. The lowest BCUT2D eigenvalue weighted by Gasteiger charge is -2.63. The number of allylic oxidation sites excluding steroid dienone is 4. The first-order chi connectivity index (χ1) is 21.9. The number of carbonyl (C=O) groups is 4. The third-order valence-corrected chi connectivity index (χ3v) is 10.3. The van der Waals surface area contributed by atoms with E-state index in [1.54, 1.807) is 0 Å². The normalized spacial score (nSPS) is 37.7. The maximum Gasteiger partial charge on any atom is 0.306 e. The second-order valence-electron chi connectivity index (χ2n) is 12.8. The summed E-state index contributed by atoms with van der Waals surface area (Å²) in [5.41, 5.74) is -8.67. The molecule has 2 unspecified atom stereocenters. The van der Waals surface area contributed by atoms with Gasteiger partial charge in [0, 0.05) is 29.6 Å². The van der Waals surface area contributed by atoms with Crippen LogP contribution in [-0.2, 0) is 38.3 Å². The molecule has 9 atom stereocenters. The number of alkyl halides is 2. The molecule has 0 aliphatic heterocycles. The molecule has 0 heterocycles. The predicted octanol–water partition coefficient (Wildman–Crippen LogP) is 1.25. The molecule has 0 amide bonds. The zero-order valence-corrected chi connectivity index (χ0v) is 25.8. The highest BCUT2D eigenvalue weighted by Crippen LogP contribution is 2.70. The molecule has 0 aromatic carbocycles. The van der Waals surface area contributed by atoms with Crippen molar-refractivity contribution >= 4 is 23.5 Å². The first kappa shape index (κ1) is 37.0. The Balaban J connectivity index is 1.66. The molecule has 0 aromatic rings. The van der Waals surface area contributed by atoms with Crippen molar-refractivity contribution in [2.75, 3.05) is 19.8 Å². The van der Waals surface area contributed by atoms with Crippen LogP contribution in [0.2, 0.25) is 0 Å². The SMILES string of the molecule is C[C@]12C=CC(=O)C=C1[C@@H](F)CC1C3C[C@@H](O)[C@](OC(=O)CCCON(O)O)(C(=O)COC(=O)CCCON(O)O)[C@@]3(C)C[C@H](O)[C@@]12F. The summed E-state index contributed by atoms with van der Waals surface area (Å²) in [7, 11) is 0. The Labute approximate surface area is 267 Å². The Morgan fingerprint density at radius 2 is 1.53 bits per heavy atom. The van der Waals surface area contributed by atoms with Crippen LogP contribution in [0.5, 0.6) is 0 Å². The van der Waals surface area contributed by atoms with Crippen LogP contribution in [0.4, 0.5) is 8.78 Å². The molecule has 0 radical (unpaired) electrons. The van der Waals surface area contributed by atoms with E-state index in [2.05, 4.69) is 9.68 Å². The van der Waals surface area contributed by atoms with Gasteiger partial charge in [0.25, 0.3) is 0 Å². The molecule has 47 heavy (non-hydrogen) atoms. The van der Waals surface area contributed by atoms with Crippen LogP contribution < -0.4 is 0 Å². The van der Waals surface area contributed by atoms with Gasteiger partial charge < -0.3 is 19.7 Å². The molecule has 4 aliphatic carbocycles. The Hall–Kier alpha value is -2.78. The Kier molecular flexibility index (Phi) is 11.0. The van der Waals surface area contributed by atoms with E-state index in [-0.39, 0.29) is 44.5 Å². The topological polar surface area (TPSA) is 233 Å². The number of Topliss-reactive ketones (excluding diaryl/α,β-unsaturated/α-hetero) is 1. The van der Waals surface area contributed by atoms with Crippen LogP contribution in [0.1, 0.15) is 58.8 Å². The second kappa shape index (κ2) is 14.0. The molecule has 3 fully saturated rings. The van der Waals surface area contributed by atoms with E-state index in [1.165, 1.54) is 19.9 Å². The quantitative estimate of drug-likeness (QED) is 0.0862. The summed E-state index contributed by atoms with van der Waals surface area (Å²) >= 11 is 0.